The molecule has 0 aliphatic heterocycles. The lowest BCUT2D eigenvalue weighted by atomic mass is 9.95. The van der Waals surface area contributed by atoms with Crippen LogP contribution in [0.1, 0.15) is 33.4 Å². The van der Waals surface area contributed by atoms with Gasteiger partial charge in [0.15, 0.2) is 0 Å². The number of hydrogen-bond acceptors (Lipinski definition) is 2. The van der Waals surface area contributed by atoms with Crippen molar-refractivity contribution in [3.05, 3.63) is 63.5 Å². The molecule has 0 bridgehead atoms. The second-order valence-electron chi connectivity index (χ2n) is 5.87. The van der Waals surface area contributed by atoms with Gasteiger partial charge in [-0.25, -0.2) is 17.5 Å². The summed E-state index contributed by atoms with van der Waals surface area (Å²) in [5.74, 6) is -0.417. The van der Waals surface area contributed by atoms with E-state index in [4.69, 9.17) is 0 Å². The Morgan fingerprint density at radius 3 is 1.87 bits per heavy atom. The molecule has 0 aromatic heterocycles. The molecule has 0 fully saturated rings. The summed E-state index contributed by atoms with van der Waals surface area (Å²) in [6.07, 6.45) is 0. The Labute approximate surface area is 137 Å². The van der Waals surface area contributed by atoms with E-state index >= 15 is 0 Å². The number of nitrogens with one attached hydrogen (secondary N) is 1. The van der Waals surface area contributed by atoms with E-state index < -0.39 is 15.8 Å². The molecule has 0 atom stereocenters. The third-order valence-corrected chi connectivity index (χ3v) is 6.28. The molecule has 0 saturated carbocycles. The number of rotatable bonds is 4. The molecule has 23 heavy (non-hydrogen) atoms. The van der Waals surface area contributed by atoms with Crippen LogP contribution in [-0.4, -0.2) is 8.42 Å². The van der Waals surface area contributed by atoms with E-state index in [-0.39, 0.29) is 6.54 Å². The van der Waals surface area contributed by atoms with Gasteiger partial charge in [0.1, 0.15) is 5.82 Å². The number of halogens is 1. The average Bonchev–Trinajstić information content (AvgIpc) is 2.50. The first-order valence-corrected chi connectivity index (χ1v) is 8.95. The van der Waals surface area contributed by atoms with E-state index in [1.807, 2.05) is 34.6 Å². The number of hydrogen-bond donors (Lipinski definition) is 1. The van der Waals surface area contributed by atoms with Crippen LogP contribution >= 0.6 is 0 Å². The molecule has 124 valence electrons. The van der Waals surface area contributed by atoms with Crippen molar-refractivity contribution in [1.29, 1.82) is 0 Å². The van der Waals surface area contributed by atoms with Crippen molar-refractivity contribution in [2.45, 2.75) is 46.1 Å². The van der Waals surface area contributed by atoms with Crippen molar-refractivity contribution < 1.29 is 12.8 Å². The van der Waals surface area contributed by atoms with E-state index in [1.54, 1.807) is 18.2 Å². The van der Waals surface area contributed by atoms with Crippen LogP contribution < -0.4 is 4.72 Å². The van der Waals surface area contributed by atoms with E-state index in [9.17, 15) is 12.8 Å². The summed E-state index contributed by atoms with van der Waals surface area (Å²) < 4.78 is 41.7. The summed E-state index contributed by atoms with van der Waals surface area (Å²) in [4.78, 5) is 0.300. The lowest BCUT2D eigenvalue weighted by molar-refractivity contribution is 0.573. The van der Waals surface area contributed by atoms with Crippen molar-refractivity contribution in [1.82, 2.24) is 4.72 Å². The van der Waals surface area contributed by atoms with Crippen LogP contribution in [0, 0.1) is 40.4 Å². The molecule has 2 aromatic carbocycles. The minimum Gasteiger partial charge on any atom is -0.207 e. The molecule has 0 saturated heterocycles. The first-order chi connectivity index (χ1) is 10.7. The van der Waals surface area contributed by atoms with Gasteiger partial charge in [0.05, 0.1) is 4.90 Å². The van der Waals surface area contributed by atoms with Crippen LogP contribution in [0.25, 0.3) is 0 Å². The maximum absolute atomic E-state index is 13.7. The van der Waals surface area contributed by atoms with Gasteiger partial charge in [-0.15, -0.1) is 0 Å². The molecule has 2 rings (SSSR count). The Kier molecular flexibility index (Phi) is 4.92. The Morgan fingerprint density at radius 1 is 0.870 bits per heavy atom. The molecule has 5 heteroatoms. The van der Waals surface area contributed by atoms with Gasteiger partial charge in [0.2, 0.25) is 10.0 Å². The molecule has 0 unspecified atom stereocenters. The summed E-state index contributed by atoms with van der Waals surface area (Å²) in [5, 5.41) is 0. The fourth-order valence-corrected chi connectivity index (χ4v) is 4.36. The molecule has 1 N–H and O–H groups in total. The van der Waals surface area contributed by atoms with Crippen molar-refractivity contribution in [2.24, 2.45) is 0 Å². The van der Waals surface area contributed by atoms with Crippen molar-refractivity contribution in [3.63, 3.8) is 0 Å². The van der Waals surface area contributed by atoms with Crippen LogP contribution in [0.4, 0.5) is 4.39 Å². The van der Waals surface area contributed by atoms with Crippen LogP contribution in [0.2, 0.25) is 0 Å². The highest BCUT2D eigenvalue weighted by Gasteiger charge is 2.23. The third-order valence-electron chi connectivity index (χ3n) is 4.61. The molecule has 0 aliphatic rings. The van der Waals surface area contributed by atoms with Gasteiger partial charge in [-0.05, 0) is 68.5 Å². The summed E-state index contributed by atoms with van der Waals surface area (Å²) >= 11 is 0. The number of sulfonamides is 1. The summed E-state index contributed by atoms with van der Waals surface area (Å²) in [7, 11) is -3.72. The maximum atomic E-state index is 13.7. The second-order valence-corrected chi connectivity index (χ2v) is 7.57. The van der Waals surface area contributed by atoms with Crippen molar-refractivity contribution >= 4 is 10.0 Å². The Hall–Kier alpha value is -1.72. The molecule has 2 aromatic rings. The third kappa shape index (κ3) is 3.31. The van der Waals surface area contributed by atoms with Gasteiger partial charge in [0, 0.05) is 12.1 Å². The van der Waals surface area contributed by atoms with Crippen LogP contribution in [-0.2, 0) is 16.6 Å². The lowest BCUT2D eigenvalue weighted by Gasteiger charge is -2.19. The highest BCUT2D eigenvalue weighted by atomic mass is 32.2. The highest BCUT2D eigenvalue weighted by molar-refractivity contribution is 7.89. The second kappa shape index (κ2) is 6.42. The van der Waals surface area contributed by atoms with Gasteiger partial charge in [-0.2, -0.15) is 0 Å². The van der Waals surface area contributed by atoms with Crippen molar-refractivity contribution in [2.75, 3.05) is 0 Å². The van der Waals surface area contributed by atoms with E-state index in [1.165, 1.54) is 6.07 Å². The fourth-order valence-electron chi connectivity index (χ4n) is 2.76. The fraction of sp³-hybridized carbons (Fsp3) is 0.333. The number of benzene rings is 2. The topological polar surface area (TPSA) is 46.2 Å². The summed E-state index contributed by atoms with van der Waals surface area (Å²) in [5.41, 5.74) is 4.86. The highest BCUT2D eigenvalue weighted by Crippen LogP contribution is 2.29. The van der Waals surface area contributed by atoms with Gasteiger partial charge in [0.25, 0.3) is 0 Å². The zero-order chi connectivity index (χ0) is 17.4. The zero-order valence-corrected chi connectivity index (χ0v) is 14.9. The monoisotopic (exact) mass is 335 g/mol. The standard InChI is InChI=1S/C18H22FNO2S/c1-11-12(2)14(4)18(15(5)13(11)3)23(21,22)20-10-16-8-6-7-9-17(16)19/h6-9,20H,10H2,1-5H3. The average molecular weight is 335 g/mol. The van der Waals surface area contributed by atoms with Crippen LogP contribution in [0.3, 0.4) is 0 Å². The van der Waals surface area contributed by atoms with Gasteiger partial charge >= 0.3 is 0 Å². The van der Waals surface area contributed by atoms with E-state index in [2.05, 4.69) is 4.72 Å². The molecule has 0 aliphatic carbocycles. The lowest BCUT2D eigenvalue weighted by Crippen LogP contribution is -2.26. The van der Waals surface area contributed by atoms with Gasteiger partial charge < -0.3 is 0 Å². The predicted octanol–water partition coefficient (Wildman–Crippen LogP) is 3.85. The van der Waals surface area contributed by atoms with Gasteiger partial charge in [-0.3, -0.25) is 0 Å². The van der Waals surface area contributed by atoms with E-state index in [0.717, 1.165) is 27.8 Å². The Balaban J connectivity index is 2.43. The van der Waals surface area contributed by atoms with E-state index in [0.29, 0.717) is 10.5 Å². The Morgan fingerprint density at radius 2 is 1.35 bits per heavy atom. The molecule has 0 amide bonds. The summed E-state index contributed by atoms with van der Waals surface area (Å²) in [6.45, 7) is 9.40. The van der Waals surface area contributed by atoms with Crippen LogP contribution in [0.5, 0.6) is 0 Å². The first kappa shape index (κ1) is 17.6. The Bertz CT molecular complexity index is 829. The van der Waals surface area contributed by atoms with Crippen molar-refractivity contribution in [3.8, 4) is 0 Å². The molecule has 0 radical (unpaired) electrons. The molecule has 0 heterocycles. The zero-order valence-electron chi connectivity index (χ0n) is 14.1. The molecular weight excluding hydrogens is 313 g/mol. The maximum Gasteiger partial charge on any atom is 0.241 e. The predicted molar refractivity (Wildman–Crippen MR) is 90.6 cm³/mol. The van der Waals surface area contributed by atoms with Gasteiger partial charge in [-0.1, -0.05) is 18.2 Å². The molecule has 0 spiro atoms. The minimum absolute atomic E-state index is 0.0696. The smallest absolute Gasteiger partial charge is 0.207 e. The minimum atomic E-state index is -3.72. The largest absolute Gasteiger partial charge is 0.241 e. The molecule has 3 nitrogen and oxygen atoms in total. The van der Waals surface area contributed by atoms with Crippen LogP contribution in [0.15, 0.2) is 29.2 Å². The first-order valence-electron chi connectivity index (χ1n) is 7.47. The summed E-state index contributed by atoms with van der Waals surface area (Å²) in [6, 6.07) is 6.15. The SMILES string of the molecule is Cc1c(C)c(C)c(S(=O)(=O)NCc2ccccc2F)c(C)c1C. The normalized spacial score (nSPS) is 11.7. The molecular formula is C18H22FNO2S. The quantitative estimate of drug-likeness (QED) is 0.922.